The molecule has 2 aliphatic rings. The number of hydrogen-bond acceptors (Lipinski definition) is 8. The van der Waals surface area contributed by atoms with E-state index in [1.807, 2.05) is 36.4 Å². The van der Waals surface area contributed by atoms with E-state index in [1.54, 1.807) is 35.3 Å². The predicted octanol–water partition coefficient (Wildman–Crippen LogP) is 0.963. The number of rotatable bonds is 7. The summed E-state index contributed by atoms with van der Waals surface area (Å²) in [6.07, 6.45) is 3.38. The van der Waals surface area contributed by atoms with Crippen molar-refractivity contribution in [3.05, 3.63) is 83.2 Å². The summed E-state index contributed by atoms with van der Waals surface area (Å²) < 4.78 is 1.60. The molecule has 0 saturated carbocycles. The molecule has 11 heteroatoms. The second-order valence-corrected chi connectivity index (χ2v) is 9.77. The standard InChI is InChI=1S/C23H19N5O4S2/c29-17(12-14-6-2-1-3-7-14)26-19-21(30)27-20(23(31)32)15(13-33-22(19)27)34-18-9-11-25-28(18)16-8-4-5-10-24-16/h1-11,19,22H,12-13H2,(H,26,29)(H,31,32)/p-1/t19-,22-/m1/s1. The summed E-state index contributed by atoms with van der Waals surface area (Å²) in [5.41, 5.74) is 0.666. The number of carboxylic acids is 1. The lowest BCUT2D eigenvalue weighted by Gasteiger charge is -2.50. The highest BCUT2D eigenvalue weighted by Gasteiger charge is 2.53. The fourth-order valence-corrected chi connectivity index (χ4v) is 6.33. The van der Waals surface area contributed by atoms with Crippen LogP contribution in [0.4, 0.5) is 0 Å². The number of hydrogen-bond donors (Lipinski definition) is 1. The summed E-state index contributed by atoms with van der Waals surface area (Å²) in [7, 11) is 0. The molecule has 1 N–H and O–H groups in total. The van der Waals surface area contributed by atoms with Crippen molar-refractivity contribution in [3.8, 4) is 5.82 Å². The molecule has 5 rings (SSSR count). The first kappa shape index (κ1) is 22.2. The van der Waals surface area contributed by atoms with Gasteiger partial charge in [-0.3, -0.25) is 14.5 Å². The molecule has 2 aliphatic heterocycles. The topological polar surface area (TPSA) is 120 Å². The van der Waals surface area contributed by atoms with E-state index >= 15 is 0 Å². The molecule has 4 heterocycles. The van der Waals surface area contributed by atoms with E-state index in [2.05, 4.69) is 15.4 Å². The van der Waals surface area contributed by atoms with Crippen molar-refractivity contribution in [2.45, 2.75) is 22.9 Å². The fourth-order valence-electron chi connectivity index (χ4n) is 3.81. The lowest BCUT2D eigenvalue weighted by atomic mass is 10.0. The summed E-state index contributed by atoms with van der Waals surface area (Å²) in [5, 5.41) is 19.2. The highest BCUT2D eigenvalue weighted by molar-refractivity contribution is 8.06. The molecular formula is C23H18N5O4S2-. The number of benzene rings is 1. The SMILES string of the molecule is O=C(Cc1ccccc1)N[C@@H]1C(=O)N2C(C(=O)[O-])=C(Sc3ccnn3-c3ccccn3)CS[C@H]12. The maximum atomic E-state index is 12.9. The number of aliphatic carboxylic acids is 1. The molecule has 0 bridgehead atoms. The zero-order chi connectivity index (χ0) is 23.7. The molecule has 2 amide bonds. The molecule has 0 unspecified atom stereocenters. The van der Waals surface area contributed by atoms with Gasteiger partial charge < -0.3 is 15.2 Å². The Morgan fingerprint density at radius 3 is 2.65 bits per heavy atom. The molecular weight excluding hydrogens is 474 g/mol. The number of β-lactam (4-membered cyclic amide) rings is 1. The Morgan fingerprint density at radius 2 is 1.91 bits per heavy atom. The van der Waals surface area contributed by atoms with Gasteiger partial charge in [-0.2, -0.15) is 5.10 Å². The Labute approximate surface area is 203 Å². The van der Waals surface area contributed by atoms with Crippen LogP contribution in [0.15, 0.2) is 82.6 Å². The Balaban J connectivity index is 1.34. The number of fused-ring (bicyclic) bond motifs is 1. The molecule has 0 radical (unpaired) electrons. The van der Waals surface area contributed by atoms with Crippen LogP contribution in [0.2, 0.25) is 0 Å². The second kappa shape index (κ2) is 9.35. The quantitative estimate of drug-likeness (QED) is 0.485. The number of carbonyl (C=O) groups is 3. The first-order valence-electron chi connectivity index (χ1n) is 10.4. The lowest BCUT2D eigenvalue weighted by Crippen LogP contribution is -2.71. The van der Waals surface area contributed by atoms with Gasteiger partial charge in [0.15, 0.2) is 5.82 Å². The van der Waals surface area contributed by atoms with Crippen molar-refractivity contribution in [1.29, 1.82) is 0 Å². The summed E-state index contributed by atoms with van der Waals surface area (Å²) >= 11 is 2.61. The number of carbonyl (C=O) groups excluding carboxylic acids is 3. The van der Waals surface area contributed by atoms with Gasteiger partial charge in [0.05, 0.1) is 24.3 Å². The van der Waals surface area contributed by atoms with Crippen LogP contribution in [-0.2, 0) is 20.8 Å². The second-order valence-electron chi connectivity index (χ2n) is 7.55. The van der Waals surface area contributed by atoms with Crippen molar-refractivity contribution in [2.75, 3.05) is 5.75 Å². The summed E-state index contributed by atoms with van der Waals surface area (Å²) in [5.74, 6) is -1.24. The first-order chi connectivity index (χ1) is 16.5. The van der Waals surface area contributed by atoms with Crippen molar-refractivity contribution < 1.29 is 19.5 Å². The van der Waals surface area contributed by atoms with Crippen LogP contribution >= 0.6 is 23.5 Å². The van der Waals surface area contributed by atoms with Gasteiger partial charge in [0, 0.05) is 16.9 Å². The summed E-state index contributed by atoms with van der Waals surface area (Å²) in [6, 6.07) is 15.6. The number of aromatic nitrogens is 3. The maximum Gasteiger partial charge on any atom is 0.253 e. The third kappa shape index (κ3) is 4.19. The summed E-state index contributed by atoms with van der Waals surface area (Å²) in [4.78, 5) is 43.3. The molecule has 3 aromatic rings. The Morgan fingerprint density at radius 1 is 1.12 bits per heavy atom. The molecule has 34 heavy (non-hydrogen) atoms. The van der Waals surface area contributed by atoms with Gasteiger partial charge in [-0.25, -0.2) is 9.67 Å². The Bertz CT molecular complexity index is 1280. The predicted molar refractivity (Wildman–Crippen MR) is 124 cm³/mol. The molecule has 1 saturated heterocycles. The van der Waals surface area contributed by atoms with Crippen LogP contribution in [-0.4, -0.2) is 54.6 Å². The molecule has 9 nitrogen and oxygen atoms in total. The molecule has 0 spiro atoms. The molecule has 0 aliphatic carbocycles. The van der Waals surface area contributed by atoms with E-state index in [1.165, 1.54) is 28.4 Å². The van der Waals surface area contributed by atoms with Crippen LogP contribution in [0.25, 0.3) is 5.82 Å². The minimum atomic E-state index is -1.43. The third-order valence-electron chi connectivity index (χ3n) is 5.35. The van der Waals surface area contributed by atoms with Crippen molar-refractivity contribution >= 4 is 41.3 Å². The molecule has 2 atom stereocenters. The zero-order valence-corrected chi connectivity index (χ0v) is 19.3. The third-order valence-corrected chi connectivity index (χ3v) is 7.92. The van der Waals surface area contributed by atoms with Crippen molar-refractivity contribution in [2.24, 2.45) is 0 Å². The number of carboxylic acid groups (broad SMARTS) is 1. The Hall–Kier alpha value is -3.57. The van der Waals surface area contributed by atoms with Gasteiger partial charge in [-0.1, -0.05) is 48.2 Å². The average Bonchev–Trinajstić information content (AvgIpc) is 3.31. The number of thioether (sulfide) groups is 2. The zero-order valence-electron chi connectivity index (χ0n) is 17.7. The van der Waals surface area contributed by atoms with E-state index < -0.39 is 23.3 Å². The lowest BCUT2D eigenvalue weighted by molar-refractivity contribution is -0.301. The van der Waals surface area contributed by atoms with Gasteiger partial charge in [-0.15, -0.1) is 11.8 Å². The summed E-state index contributed by atoms with van der Waals surface area (Å²) in [6.45, 7) is 0. The van der Waals surface area contributed by atoms with Crippen LogP contribution in [0.3, 0.4) is 0 Å². The first-order valence-corrected chi connectivity index (χ1v) is 12.2. The fraction of sp³-hybridized carbons (Fsp3) is 0.174. The minimum absolute atomic E-state index is 0.143. The van der Waals surface area contributed by atoms with E-state index in [9.17, 15) is 19.5 Å². The number of amides is 2. The van der Waals surface area contributed by atoms with Gasteiger partial charge in [0.1, 0.15) is 16.4 Å². The normalized spacial score (nSPS) is 19.4. The van der Waals surface area contributed by atoms with Crippen LogP contribution < -0.4 is 10.4 Å². The molecule has 1 aromatic carbocycles. The monoisotopic (exact) mass is 492 g/mol. The average molecular weight is 493 g/mol. The van der Waals surface area contributed by atoms with Crippen molar-refractivity contribution in [1.82, 2.24) is 25.0 Å². The number of nitrogens with one attached hydrogen (secondary N) is 1. The van der Waals surface area contributed by atoms with Gasteiger partial charge in [0.2, 0.25) is 5.91 Å². The highest BCUT2D eigenvalue weighted by atomic mass is 32.2. The molecule has 2 aromatic heterocycles. The van der Waals surface area contributed by atoms with Crippen LogP contribution in [0.1, 0.15) is 5.56 Å². The molecule has 172 valence electrons. The van der Waals surface area contributed by atoms with E-state index in [4.69, 9.17) is 0 Å². The largest absolute Gasteiger partial charge is 0.543 e. The van der Waals surface area contributed by atoms with E-state index in [0.29, 0.717) is 21.5 Å². The van der Waals surface area contributed by atoms with Gasteiger partial charge >= 0.3 is 0 Å². The number of nitrogens with zero attached hydrogens (tertiary/aromatic N) is 4. The Kier molecular flexibility index (Phi) is 6.12. The van der Waals surface area contributed by atoms with E-state index in [0.717, 1.165) is 5.56 Å². The van der Waals surface area contributed by atoms with Crippen LogP contribution in [0, 0.1) is 0 Å². The van der Waals surface area contributed by atoms with E-state index in [-0.39, 0.29) is 18.0 Å². The van der Waals surface area contributed by atoms with Gasteiger partial charge in [0.25, 0.3) is 5.91 Å². The maximum absolute atomic E-state index is 12.9. The van der Waals surface area contributed by atoms with Crippen molar-refractivity contribution in [3.63, 3.8) is 0 Å². The number of pyridine rings is 1. The smallest absolute Gasteiger partial charge is 0.253 e. The minimum Gasteiger partial charge on any atom is -0.543 e. The molecule has 1 fully saturated rings. The van der Waals surface area contributed by atoms with Crippen LogP contribution in [0.5, 0.6) is 0 Å². The highest BCUT2D eigenvalue weighted by Crippen LogP contribution is 2.45. The van der Waals surface area contributed by atoms with Gasteiger partial charge in [-0.05, 0) is 23.8 Å².